The van der Waals surface area contributed by atoms with E-state index < -0.39 is 15.9 Å². The van der Waals surface area contributed by atoms with Gasteiger partial charge in [-0.3, -0.25) is 4.79 Å². The molecule has 0 heterocycles. The van der Waals surface area contributed by atoms with Crippen molar-refractivity contribution in [1.82, 2.24) is 4.72 Å². The van der Waals surface area contributed by atoms with Crippen molar-refractivity contribution in [2.75, 3.05) is 12.4 Å². The fraction of sp³-hybridized carbons (Fsp3) is 0.350. The summed E-state index contributed by atoms with van der Waals surface area (Å²) in [7, 11) is -2.40. The highest BCUT2D eigenvalue weighted by atomic mass is 35.5. The number of anilines is 1. The molecule has 0 aromatic heterocycles. The van der Waals surface area contributed by atoms with Crippen LogP contribution in [0.3, 0.4) is 0 Å². The lowest BCUT2D eigenvalue weighted by molar-refractivity contribution is 0.102. The first-order valence-corrected chi connectivity index (χ1v) is 10.9. The van der Waals surface area contributed by atoms with Gasteiger partial charge in [0, 0.05) is 22.3 Å². The maximum absolute atomic E-state index is 12.8. The van der Waals surface area contributed by atoms with Crippen LogP contribution in [0.25, 0.3) is 0 Å². The average molecular weight is 423 g/mol. The number of carbonyl (C=O) groups is 1. The summed E-state index contributed by atoms with van der Waals surface area (Å²) >= 11 is 6.09. The minimum atomic E-state index is -3.80. The molecule has 0 atom stereocenters. The fourth-order valence-corrected chi connectivity index (χ4v) is 4.91. The van der Waals surface area contributed by atoms with Crippen molar-refractivity contribution in [3.63, 3.8) is 0 Å². The molecule has 6 nitrogen and oxygen atoms in total. The molecule has 28 heavy (non-hydrogen) atoms. The van der Waals surface area contributed by atoms with E-state index in [0.717, 1.165) is 31.2 Å². The molecule has 0 radical (unpaired) electrons. The Hall–Kier alpha value is -2.09. The summed E-state index contributed by atoms with van der Waals surface area (Å²) in [6.45, 7) is 1.87. The number of benzene rings is 2. The Kier molecular flexibility index (Phi) is 6.27. The smallest absolute Gasteiger partial charge is 0.255 e. The van der Waals surface area contributed by atoms with Crippen molar-refractivity contribution in [2.24, 2.45) is 0 Å². The van der Waals surface area contributed by atoms with Gasteiger partial charge in [-0.1, -0.05) is 30.5 Å². The Balaban J connectivity index is 1.86. The molecule has 3 rings (SSSR count). The van der Waals surface area contributed by atoms with Crippen molar-refractivity contribution in [1.29, 1.82) is 0 Å². The average Bonchev–Trinajstić information content (AvgIpc) is 3.16. The first-order valence-electron chi connectivity index (χ1n) is 9.08. The van der Waals surface area contributed by atoms with E-state index in [4.69, 9.17) is 16.3 Å². The van der Waals surface area contributed by atoms with Crippen molar-refractivity contribution < 1.29 is 17.9 Å². The molecule has 0 spiro atoms. The van der Waals surface area contributed by atoms with Gasteiger partial charge in [-0.15, -0.1) is 0 Å². The van der Waals surface area contributed by atoms with Crippen LogP contribution in [0.4, 0.5) is 5.69 Å². The first kappa shape index (κ1) is 20.6. The standard InChI is InChI=1S/C20H23ClN2O4S/c1-13-7-9-16(12-17(13)21)22-20(24)14-8-10-18(27-2)19(11-14)28(25,26)23-15-5-3-4-6-15/h7-12,15,23H,3-6H2,1-2H3,(H,22,24). The zero-order chi connectivity index (χ0) is 20.3. The van der Waals surface area contributed by atoms with E-state index in [0.29, 0.717) is 10.7 Å². The normalized spacial score (nSPS) is 14.8. The van der Waals surface area contributed by atoms with Gasteiger partial charge in [-0.25, -0.2) is 13.1 Å². The number of methoxy groups -OCH3 is 1. The molecule has 150 valence electrons. The Labute approximate surface area is 170 Å². The van der Waals surface area contributed by atoms with Crippen LogP contribution in [-0.2, 0) is 10.0 Å². The van der Waals surface area contributed by atoms with Gasteiger partial charge >= 0.3 is 0 Å². The molecule has 0 bridgehead atoms. The lowest BCUT2D eigenvalue weighted by Gasteiger charge is -2.16. The Morgan fingerprint density at radius 3 is 2.50 bits per heavy atom. The molecule has 2 aromatic rings. The predicted molar refractivity (Wildman–Crippen MR) is 110 cm³/mol. The highest BCUT2D eigenvalue weighted by Crippen LogP contribution is 2.28. The summed E-state index contributed by atoms with van der Waals surface area (Å²) in [5, 5.41) is 3.27. The largest absolute Gasteiger partial charge is 0.495 e. The Morgan fingerprint density at radius 2 is 1.86 bits per heavy atom. The summed E-state index contributed by atoms with van der Waals surface area (Å²) in [4.78, 5) is 12.6. The molecule has 1 aliphatic carbocycles. The number of nitrogens with one attached hydrogen (secondary N) is 2. The third-order valence-electron chi connectivity index (χ3n) is 4.82. The molecule has 1 saturated carbocycles. The molecule has 2 N–H and O–H groups in total. The zero-order valence-electron chi connectivity index (χ0n) is 15.8. The number of aryl methyl sites for hydroxylation is 1. The van der Waals surface area contributed by atoms with E-state index in [1.807, 2.05) is 6.92 Å². The summed E-state index contributed by atoms with van der Waals surface area (Å²) < 4.78 is 33.6. The van der Waals surface area contributed by atoms with Crippen LogP contribution in [-0.4, -0.2) is 27.5 Å². The first-order chi connectivity index (χ1) is 13.3. The summed E-state index contributed by atoms with van der Waals surface area (Å²) in [5.74, 6) is -0.236. The quantitative estimate of drug-likeness (QED) is 0.733. The number of sulfonamides is 1. The van der Waals surface area contributed by atoms with Gasteiger partial charge in [0.05, 0.1) is 7.11 Å². The number of amides is 1. The molecule has 0 unspecified atom stereocenters. The third kappa shape index (κ3) is 4.66. The third-order valence-corrected chi connectivity index (χ3v) is 6.77. The van der Waals surface area contributed by atoms with E-state index in [1.54, 1.807) is 18.2 Å². The van der Waals surface area contributed by atoms with E-state index in [9.17, 15) is 13.2 Å². The van der Waals surface area contributed by atoms with Gasteiger partial charge in [-0.2, -0.15) is 0 Å². The minimum Gasteiger partial charge on any atom is -0.495 e. The zero-order valence-corrected chi connectivity index (χ0v) is 17.4. The second-order valence-electron chi connectivity index (χ2n) is 6.89. The van der Waals surface area contributed by atoms with Crippen molar-refractivity contribution in [3.05, 3.63) is 52.5 Å². The molecule has 2 aromatic carbocycles. The number of halogens is 1. The number of rotatable bonds is 6. The molecule has 1 amide bonds. The van der Waals surface area contributed by atoms with Gasteiger partial charge in [-0.05, 0) is 55.7 Å². The summed E-state index contributed by atoms with van der Waals surface area (Å²) in [6.07, 6.45) is 3.64. The highest BCUT2D eigenvalue weighted by molar-refractivity contribution is 7.89. The summed E-state index contributed by atoms with van der Waals surface area (Å²) in [6, 6.07) is 9.45. The second-order valence-corrected chi connectivity index (χ2v) is 8.98. The Morgan fingerprint density at radius 1 is 1.14 bits per heavy atom. The highest BCUT2D eigenvalue weighted by Gasteiger charge is 2.26. The number of carbonyl (C=O) groups excluding carboxylic acids is 1. The van der Waals surface area contributed by atoms with Crippen LogP contribution in [0.5, 0.6) is 5.75 Å². The summed E-state index contributed by atoms with van der Waals surface area (Å²) in [5.41, 5.74) is 1.64. The molecule has 8 heteroatoms. The van der Waals surface area contributed by atoms with Crippen LogP contribution in [0.15, 0.2) is 41.3 Å². The fourth-order valence-electron chi connectivity index (χ4n) is 3.23. The van der Waals surface area contributed by atoms with Crippen molar-refractivity contribution in [2.45, 2.75) is 43.5 Å². The molecule has 1 aliphatic rings. The van der Waals surface area contributed by atoms with E-state index in [1.165, 1.54) is 25.3 Å². The van der Waals surface area contributed by atoms with E-state index in [-0.39, 0.29) is 22.3 Å². The van der Waals surface area contributed by atoms with Gasteiger partial charge in [0.2, 0.25) is 10.0 Å². The van der Waals surface area contributed by atoms with Gasteiger partial charge in [0.1, 0.15) is 10.6 Å². The minimum absolute atomic E-state index is 0.0449. The van der Waals surface area contributed by atoms with Gasteiger partial charge < -0.3 is 10.1 Å². The molecular weight excluding hydrogens is 400 g/mol. The Bertz CT molecular complexity index is 986. The van der Waals surface area contributed by atoms with Crippen LogP contribution >= 0.6 is 11.6 Å². The number of hydrogen-bond acceptors (Lipinski definition) is 4. The van der Waals surface area contributed by atoms with Gasteiger partial charge in [0.25, 0.3) is 5.91 Å². The van der Waals surface area contributed by atoms with Crippen LogP contribution in [0.2, 0.25) is 5.02 Å². The topological polar surface area (TPSA) is 84.5 Å². The second kappa shape index (κ2) is 8.51. The van der Waals surface area contributed by atoms with Crippen molar-refractivity contribution >= 4 is 33.2 Å². The molecular formula is C20H23ClN2O4S. The lowest BCUT2D eigenvalue weighted by Crippen LogP contribution is -2.33. The monoisotopic (exact) mass is 422 g/mol. The maximum atomic E-state index is 12.8. The number of hydrogen-bond donors (Lipinski definition) is 2. The van der Waals surface area contributed by atoms with Crippen LogP contribution in [0, 0.1) is 6.92 Å². The molecule has 0 aliphatic heterocycles. The maximum Gasteiger partial charge on any atom is 0.255 e. The van der Waals surface area contributed by atoms with Gasteiger partial charge in [0.15, 0.2) is 0 Å². The molecule has 1 fully saturated rings. The lowest BCUT2D eigenvalue weighted by atomic mass is 10.2. The van der Waals surface area contributed by atoms with Crippen molar-refractivity contribution in [3.8, 4) is 5.75 Å². The predicted octanol–water partition coefficient (Wildman–Crippen LogP) is 4.13. The van der Waals surface area contributed by atoms with E-state index >= 15 is 0 Å². The SMILES string of the molecule is COc1ccc(C(=O)Nc2ccc(C)c(Cl)c2)cc1S(=O)(=O)NC1CCCC1. The number of ether oxygens (including phenoxy) is 1. The van der Waals surface area contributed by atoms with E-state index in [2.05, 4.69) is 10.0 Å². The van der Waals surface area contributed by atoms with Crippen LogP contribution < -0.4 is 14.8 Å². The molecule has 0 saturated heterocycles. The van der Waals surface area contributed by atoms with Crippen LogP contribution in [0.1, 0.15) is 41.6 Å².